The maximum Gasteiger partial charge on any atom is 0.309 e. The van der Waals surface area contributed by atoms with Gasteiger partial charge in [0.05, 0.1) is 45.0 Å². The minimum absolute atomic E-state index is 0.137. The number of amides is 1. The Balaban J connectivity index is 1.57. The number of esters is 1. The van der Waals surface area contributed by atoms with Crippen LogP contribution in [0.4, 0.5) is 4.39 Å². The van der Waals surface area contributed by atoms with E-state index in [0.717, 1.165) is 5.56 Å². The van der Waals surface area contributed by atoms with Crippen molar-refractivity contribution in [3.05, 3.63) is 59.4 Å². The van der Waals surface area contributed by atoms with Crippen molar-refractivity contribution in [2.24, 2.45) is 11.0 Å². The first kappa shape index (κ1) is 25.6. The van der Waals surface area contributed by atoms with Crippen LogP contribution < -0.4 is 9.47 Å². The van der Waals surface area contributed by atoms with E-state index < -0.39 is 6.04 Å². The quantitative estimate of drug-likeness (QED) is 0.516. The summed E-state index contributed by atoms with van der Waals surface area (Å²) >= 11 is 0. The van der Waals surface area contributed by atoms with Crippen LogP contribution in [-0.2, 0) is 14.3 Å². The van der Waals surface area contributed by atoms with Crippen molar-refractivity contribution in [2.75, 3.05) is 40.5 Å². The van der Waals surface area contributed by atoms with Crippen LogP contribution in [0.5, 0.6) is 11.5 Å². The lowest BCUT2D eigenvalue weighted by Crippen LogP contribution is -2.43. The fraction of sp³-hybridized carbons (Fsp3) is 0.444. The van der Waals surface area contributed by atoms with Gasteiger partial charge in [0.25, 0.3) is 5.91 Å². The molecular weight excluding hydrogens is 465 g/mol. The molecule has 0 aliphatic carbocycles. The van der Waals surface area contributed by atoms with Crippen molar-refractivity contribution in [1.29, 1.82) is 0 Å². The molecule has 0 spiro atoms. The maximum atomic E-state index is 14.6. The van der Waals surface area contributed by atoms with Gasteiger partial charge in [-0.2, -0.15) is 5.10 Å². The number of rotatable bonds is 8. The Kier molecular flexibility index (Phi) is 8.20. The summed E-state index contributed by atoms with van der Waals surface area (Å²) < 4.78 is 30.7. The molecule has 1 fully saturated rings. The number of hydrogen-bond donors (Lipinski definition) is 0. The van der Waals surface area contributed by atoms with E-state index in [9.17, 15) is 14.0 Å². The zero-order chi connectivity index (χ0) is 25.7. The molecule has 0 bridgehead atoms. The van der Waals surface area contributed by atoms with Crippen molar-refractivity contribution >= 4 is 17.6 Å². The van der Waals surface area contributed by atoms with Gasteiger partial charge in [0.15, 0.2) is 0 Å². The van der Waals surface area contributed by atoms with E-state index in [-0.39, 0.29) is 30.2 Å². The summed E-state index contributed by atoms with van der Waals surface area (Å²) in [6.45, 7) is 3.53. The number of methoxy groups -OCH3 is 2. The summed E-state index contributed by atoms with van der Waals surface area (Å²) in [6, 6.07) is 11.4. The highest BCUT2D eigenvalue weighted by Gasteiger charge is 2.37. The number of hydrazone groups is 1. The maximum absolute atomic E-state index is 14.6. The molecule has 192 valence electrons. The Bertz CT molecular complexity index is 1130. The Labute approximate surface area is 210 Å². The fourth-order valence-electron chi connectivity index (χ4n) is 4.79. The number of halogens is 1. The largest absolute Gasteiger partial charge is 0.497 e. The Morgan fingerprint density at radius 3 is 2.50 bits per heavy atom. The predicted molar refractivity (Wildman–Crippen MR) is 132 cm³/mol. The van der Waals surface area contributed by atoms with E-state index in [0.29, 0.717) is 61.7 Å². The minimum atomic E-state index is -0.478. The average molecular weight is 498 g/mol. The van der Waals surface area contributed by atoms with Crippen LogP contribution >= 0.6 is 0 Å². The minimum Gasteiger partial charge on any atom is -0.497 e. The summed E-state index contributed by atoms with van der Waals surface area (Å²) in [4.78, 5) is 27.6. The molecule has 0 N–H and O–H groups in total. The first-order valence-corrected chi connectivity index (χ1v) is 12.2. The second kappa shape index (κ2) is 11.5. The number of carbonyl (C=O) groups excluding carboxylic acids is 2. The molecule has 9 heteroatoms. The molecule has 8 nitrogen and oxygen atoms in total. The zero-order valence-corrected chi connectivity index (χ0v) is 20.9. The van der Waals surface area contributed by atoms with Gasteiger partial charge in [-0.3, -0.25) is 14.5 Å². The van der Waals surface area contributed by atoms with Crippen LogP contribution in [0.3, 0.4) is 0 Å². The van der Waals surface area contributed by atoms with Gasteiger partial charge in [0.1, 0.15) is 17.3 Å². The number of hydrogen-bond acceptors (Lipinski definition) is 7. The van der Waals surface area contributed by atoms with Crippen LogP contribution in [0.1, 0.15) is 43.4 Å². The highest BCUT2D eigenvalue weighted by atomic mass is 19.1. The third-order valence-electron chi connectivity index (χ3n) is 6.71. The number of likely N-dealkylation sites (tertiary alicyclic amines) is 1. The smallest absolute Gasteiger partial charge is 0.309 e. The lowest BCUT2D eigenvalue weighted by molar-refractivity contribution is -0.149. The second-order valence-electron chi connectivity index (χ2n) is 8.90. The molecule has 0 radical (unpaired) electrons. The molecule has 4 rings (SSSR count). The van der Waals surface area contributed by atoms with Gasteiger partial charge in [-0.05, 0) is 57.1 Å². The Hall–Kier alpha value is -3.46. The highest BCUT2D eigenvalue weighted by molar-refractivity contribution is 6.03. The van der Waals surface area contributed by atoms with Crippen LogP contribution in [0, 0.1) is 11.7 Å². The molecule has 2 aliphatic heterocycles. The normalized spacial score (nSPS) is 18.6. The van der Waals surface area contributed by atoms with Gasteiger partial charge in [0.2, 0.25) is 0 Å². The first-order valence-electron chi connectivity index (χ1n) is 12.2. The second-order valence-corrected chi connectivity index (χ2v) is 8.90. The van der Waals surface area contributed by atoms with Crippen molar-refractivity contribution in [3.63, 3.8) is 0 Å². The number of nitrogens with zero attached hydrogens (tertiary/aromatic N) is 3. The van der Waals surface area contributed by atoms with Crippen LogP contribution in [-0.4, -0.2) is 68.0 Å². The van der Waals surface area contributed by atoms with Gasteiger partial charge in [-0.25, -0.2) is 9.40 Å². The molecule has 1 saturated heterocycles. The lowest BCUT2D eigenvalue weighted by atomic mass is 9.96. The standard InChI is InChI=1S/C27H32FN3O5/c1-4-36-27(33)18-11-13-30(14-12-18)17-26(32)31-24(21-15-19(34-2)9-10-25(21)35-3)16-23(29-31)20-7-5-6-8-22(20)28/h5-10,15,18,24H,4,11-14,16-17H2,1-3H3. The summed E-state index contributed by atoms with van der Waals surface area (Å²) in [5.41, 5.74) is 1.61. The number of piperidine rings is 1. The summed E-state index contributed by atoms with van der Waals surface area (Å²) in [7, 11) is 3.14. The Morgan fingerprint density at radius 1 is 1.08 bits per heavy atom. The highest BCUT2D eigenvalue weighted by Crippen LogP contribution is 2.39. The van der Waals surface area contributed by atoms with E-state index >= 15 is 0 Å². The monoisotopic (exact) mass is 497 g/mol. The molecule has 0 saturated carbocycles. The van der Waals surface area contributed by atoms with E-state index in [2.05, 4.69) is 5.10 Å². The van der Waals surface area contributed by atoms with Crippen molar-refractivity contribution in [1.82, 2.24) is 9.91 Å². The van der Waals surface area contributed by atoms with Crippen molar-refractivity contribution < 1.29 is 28.2 Å². The topological polar surface area (TPSA) is 80.7 Å². The van der Waals surface area contributed by atoms with Crippen LogP contribution in [0.2, 0.25) is 0 Å². The van der Waals surface area contributed by atoms with Gasteiger partial charge in [-0.15, -0.1) is 0 Å². The third-order valence-corrected chi connectivity index (χ3v) is 6.71. The van der Waals surface area contributed by atoms with E-state index in [1.807, 2.05) is 11.0 Å². The SMILES string of the molecule is CCOC(=O)C1CCN(CC(=O)N2N=C(c3ccccc3F)CC2c2cc(OC)ccc2OC)CC1. The molecule has 2 heterocycles. The fourth-order valence-corrected chi connectivity index (χ4v) is 4.79. The van der Waals surface area contributed by atoms with Crippen molar-refractivity contribution in [2.45, 2.75) is 32.2 Å². The summed E-state index contributed by atoms with van der Waals surface area (Å²) in [5, 5.41) is 6.05. The molecule has 1 atom stereocenters. The number of benzene rings is 2. The summed E-state index contributed by atoms with van der Waals surface area (Å²) in [5.74, 6) is 0.320. The van der Waals surface area contributed by atoms with Gasteiger partial charge in [-0.1, -0.05) is 18.2 Å². The molecule has 0 aromatic heterocycles. The average Bonchev–Trinajstić information content (AvgIpc) is 3.34. The molecule has 36 heavy (non-hydrogen) atoms. The summed E-state index contributed by atoms with van der Waals surface area (Å²) in [6.07, 6.45) is 1.62. The molecular formula is C27H32FN3O5. The van der Waals surface area contributed by atoms with Gasteiger partial charge in [0, 0.05) is 17.5 Å². The zero-order valence-electron chi connectivity index (χ0n) is 20.9. The molecule has 2 aliphatic rings. The number of carbonyl (C=O) groups is 2. The van der Waals surface area contributed by atoms with Crippen LogP contribution in [0.25, 0.3) is 0 Å². The first-order chi connectivity index (χ1) is 17.4. The third kappa shape index (κ3) is 5.51. The van der Waals surface area contributed by atoms with E-state index in [1.165, 1.54) is 11.1 Å². The Morgan fingerprint density at radius 2 is 1.83 bits per heavy atom. The van der Waals surface area contributed by atoms with Crippen molar-refractivity contribution in [3.8, 4) is 11.5 Å². The van der Waals surface area contributed by atoms with E-state index in [1.54, 1.807) is 51.5 Å². The van der Waals surface area contributed by atoms with Gasteiger partial charge >= 0.3 is 5.97 Å². The van der Waals surface area contributed by atoms with Crippen LogP contribution in [0.15, 0.2) is 47.6 Å². The number of ether oxygens (including phenoxy) is 3. The predicted octanol–water partition coefficient (Wildman–Crippen LogP) is 3.80. The van der Waals surface area contributed by atoms with Gasteiger partial charge < -0.3 is 14.2 Å². The molecule has 2 aromatic carbocycles. The lowest BCUT2D eigenvalue weighted by Gasteiger charge is -2.32. The molecule has 1 unspecified atom stereocenters. The molecule has 2 aromatic rings. The van der Waals surface area contributed by atoms with E-state index in [4.69, 9.17) is 14.2 Å². The molecule has 1 amide bonds.